The summed E-state index contributed by atoms with van der Waals surface area (Å²) < 4.78 is 64.2. The third-order valence-corrected chi connectivity index (χ3v) is 12.9. The second-order valence-corrected chi connectivity index (χ2v) is 16.5. The Bertz CT molecular complexity index is 1690. The molecule has 0 aliphatic carbocycles. The molecule has 1 radical (unpaired) electrons. The number of hydrogen-bond acceptors (Lipinski definition) is 8. The van der Waals surface area contributed by atoms with E-state index in [0.717, 1.165) is 66.8 Å². The number of benzene rings is 4. The maximum absolute atomic E-state index is 14.3. The fourth-order valence-electron chi connectivity index (χ4n) is 5.79. The number of aryl methyl sites for hydroxylation is 8. The van der Waals surface area contributed by atoms with Crippen LogP contribution in [0.2, 0.25) is 0 Å². The van der Waals surface area contributed by atoms with Crippen LogP contribution in [0.15, 0.2) is 48.5 Å². The lowest BCUT2D eigenvalue weighted by atomic mass is 9.94. The van der Waals surface area contributed by atoms with Crippen molar-refractivity contribution in [1.29, 1.82) is 0 Å². The van der Waals surface area contributed by atoms with E-state index >= 15 is 0 Å². The van der Waals surface area contributed by atoms with Crippen LogP contribution in [0.4, 0.5) is 0 Å². The molecule has 233 valence electrons. The van der Waals surface area contributed by atoms with Crippen LogP contribution in [0.5, 0.6) is 23.0 Å². The van der Waals surface area contributed by atoms with Gasteiger partial charge in [-0.3, -0.25) is 0 Å². The van der Waals surface area contributed by atoms with Crippen molar-refractivity contribution in [3.63, 3.8) is 0 Å². The summed E-state index contributed by atoms with van der Waals surface area (Å²) in [5.41, 5.74) is 11.7. The summed E-state index contributed by atoms with van der Waals surface area (Å²) in [7, 11) is -8.68. The topological polar surface area (TPSA) is 89.5 Å². The highest BCUT2D eigenvalue weighted by molar-refractivity contribution is 7.52. The molecule has 45 heavy (non-hydrogen) atoms. The molecule has 11 heteroatoms. The van der Waals surface area contributed by atoms with Crippen LogP contribution in [-0.2, 0) is 29.1 Å². The van der Waals surface area contributed by atoms with E-state index in [2.05, 4.69) is 0 Å². The molecular formula is C34H36AlO8P2. The molecule has 2 aliphatic heterocycles. The standard InChI is InChI=1S/2C17H19O4P.Al/c2*1-10-5-12(3)16-8-14(10)7-15-9-17(13(4)6-11(15)2)21-22(18,19)20-16;/h2*5-6,8-9H,7H2,1-4H3,(H,18,19);/q;;+2/p-2. The highest BCUT2D eigenvalue weighted by Crippen LogP contribution is 2.55. The van der Waals surface area contributed by atoms with E-state index < -0.39 is 31.5 Å². The first-order chi connectivity index (χ1) is 21.2. The summed E-state index contributed by atoms with van der Waals surface area (Å²) in [6.45, 7) is 15.7. The number of fused-ring (bicyclic) bond motifs is 8. The van der Waals surface area contributed by atoms with Crippen LogP contribution < -0.4 is 18.1 Å². The lowest BCUT2D eigenvalue weighted by Crippen LogP contribution is -2.15. The second kappa shape index (κ2) is 12.0. The molecule has 4 aromatic rings. The first-order valence-electron chi connectivity index (χ1n) is 14.8. The Morgan fingerprint density at radius 1 is 0.444 bits per heavy atom. The lowest BCUT2D eigenvalue weighted by molar-refractivity contribution is 0.262. The van der Waals surface area contributed by atoms with Crippen LogP contribution in [0.1, 0.15) is 66.8 Å². The first-order valence-corrected chi connectivity index (χ1v) is 18.6. The summed E-state index contributed by atoms with van der Waals surface area (Å²) in [6, 6.07) is 15.4. The SMILES string of the molecule is Cc1cc(C)c2cc1Cc1cc(c(C)cc1C)OP(=O)([O][Al][O]P1(=O)Oc3cc(c(C)cc3C)Cc3cc(c(C)cc3C)O1)O2. The lowest BCUT2D eigenvalue weighted by Gasteiger charge is -2.26. The van der Waals surface area contributed by atoms with Gasteiger partial charge in [0.05, 0.1) is 0 Å². The Balaban J connectivity index is 1.34. The average Bonchev–Trinajstić information content (AvgIpc) is 2.94. The van der Waals surface area contributed by atoms with Gasteiger partial charge < -0.3 is 25.2 Å². The van der Waals surface area contributed by atoms with Crippen molar-refractivity contribution in [3.8, 4) is 23.0 Å². The molecule has 0 fully saturated rings. The van der Waals surface area contributed by atoms with E-state index in [9.17, 15) is 9.13 Å². The molecule has 4 aromatic carbocycles. The molecule has 2 heterocycles. The maximum Gasteiger partial charge on any atom is 0.689 e. The molecule has 8 bridgehead atoms. The van der Waals surface area contributed by atoms with Gasteiger partial charge in [-0.1, -0.05) is 24.3 Å². The Morgan fingerprint density at radius 2 is 0.689 bits per heavy atom. The third kappa shape index (κ3) is 6.63. The summed E-state index contributed by atoms with van der Waals surface area (Å²) in [5.74, 6) is 1.51. The van der Waals surface area contributed by atoms with Gasteiger partial charge in [0.25, 0.3) is 0 Å². The number of rotatable bonds is 4. The summed E-state index contributed by atoms with van der Waals surface area (Å²) in [6.07, 6.45) is 1.34. The smallest absolute Gasteiger partial charge is 0.396 e. The molecule has 0 aromatic heterocycles. The third-order valence-electron chi connectivity index (χ3n) is 8.48. The fourth-order valence-corrected chi connectivity index (χ4v) is 9.65. The second-order valence-electron chi connectivity index (χ2n) is 12.1. The van der Waals surface area contributed by atoms with Crippen molar-refractivity contribution in [3.05, 3.63) is 115 Å². The van der Waals surface area contributed by atoms with Crippen molar-refractivity contribution in [2.45, 2.75) is 68.2 Å². The maximum atomic E-state index is 14.3. The predicted octanol–water partition coefficient (Wildman–Crippen LogP) is 9.36. The minimum absolute atomic E-state index is 0.377. The number of phosphoric ester groups is 2. The Hall–Kier alpha value is -3.01. The Labute approximate surface area is 271 Å². The van der Waals surface area contributed by atoms with Gasteiger partial charge in [-0.2, -0.15) is 0 Å². The van der Waals surface area contributed by atoms with Crippen molar-refractivity contribution < 1.29 is 34.4 Å². The van der Waals surface area contributed by atoms with Crippen molar-refractivity contribution in [1.82, 2.24) is 0 Å². The van der Waals surface area contributed by atoms with Gasteiger partial charge in [0.15, 0.2) is 0 Å². The summed E-state index contributed by atoms with van der Waals surface area (Å²) in [5, 5.41) is 0. The van der Waals surface area contributed by atoms with Crippen molar-refractivity contribution in [2.24, 2.45) is 0 Å². The van der Waals surface area contributed by atoms with E-state index in [1.807, 2.05) is 104 Å². The molecule has 0 atom stereocenters. The van der Waals surface area contributed by atoms with E-state index in [1.54, 1.807) is 0 Å². The van der Waals surface area contributed by atoms with Crippen LogP contribution in [-0.4, -0.2) is 15.9 Å². The summed E-state index contributed by atoms with van der Waals surface area (Å²) in [4.78, 5) is 0. The van der Waals surface area contributed by atoms with Gasteiger partial charge in [0, 0.05) is 0 Å². The zero-order valence-electron chi connectivity index (χ0n) is 26.8. The van der Waals surface area contributed by atoms with Gasteiger partial charge in [0.2, 0.25) is 0 Å². The molecule has 0 amide bonds. The fraction of sp³-hybridized carbons (Fsp3) is 0.294. The highest BCUT2D eigenvalue weighted by Gasteiger charge is 2.39. The van der Waals surface area contributed by atoms with Gasteiger partial charge in [-0.05, 0) is 159 Å². The first kappa shape index (κ1) is 32.0. The van der Waals surface area contributed by atoms with E-state index in [0.29, 0.717) is 35.8 Å². The van der Waals surface area contributed by atoms with E-state index in [4.69, 9.17) is 25.2 Å². The van der Waals surface area contributed by atoms with Crippen molar-refractivity contribution >= 4 is 31.5 Å². The Kier molecular flexibility index (Phi) is 8.50. The largest absolute Gasteiger partial charge is 0.689 e. The monoisotopic (exact) mass is 661 g/mol. The molecule has 2 aliphatic rings. The zero-order valence-corrected chi connectivity index (χ0v) is 29.7. The highest BCUT2D eigenvalue weighted by atomic mass is 31.2. The number of phosphoric acid groups is 2. The van der Waals surface area contributed by atoms with Crippen LogP contribution in [0.3, 0.4) is 0 Å². The summed E-state index contributed by atoms with van der Waals surface area (Å²) >= 11 is -1.72. The predicted molar refractivity (Wildman–Crippen MR) is 175 cm³/mol. The molecular weight excluding hydrogens is 625 g/mol. The number of hydrogen-bond donors (Lipinski definition) is 0. The molecule has 0 unspecified atom stereocenters. The molecule has 6 rings (SSSR count). The molecule has 0 saturated heterocycles. The van der Waals surface area contributed by atoms with Crippen LogP contribution in [0, 0.1) is 55.4 Å². The quantitative estimate of drug-likeness (QED) is 0.158. The van der Waals surface area contributed by atoms with Gasteiger partial charge >= 0.3 is 31.5 Å². The molecule has 0 N–H and O–H groups in total. The van der Waals surface area contributed by atoms with Gasteiger partial charge in [-0.15, -0.1) is 0 Å². The minimum atomic E-state index is -4.34. The molecule has 0 saturated carbocycles. The zero-order chi connectivity index (χ0) is 32.3. The van der Waals surface area contributed by atoms with E-state index in [1.165, 1.54) is 0 Å². The van der Waals surface area contributed by atoms with Crippen LogP contribution >= 0.6 is 15.6 Å². The average molecular weight is 662 g/mol. The van der Waals surface area contributed by atoms with Gasteiger partial charge in [-0.25, -0.2) is 9.13 Å². The van der Waals surface area contributed by atoms with E-state index in [-0.39, 0.29) is 0 Å². The van der Waals surface area contributed by atoms with Crippen molar-refractivity contribution in [2.75, 3.05) is 0 Å². The molecule has 8 nitrogen and oxygen atoms in total. The van der Waals surface area contributed by atoms with Gasteiger partial charge in [0.1, 0.15) is 23.0 Å². The normalized spacial score (nSPS) is 15.9. The Morgan fingerprint density at radius 3 is 0.933 bits per heavy atom. The molecule has 0 spiro atoms. The minimum Gasteiger partial charge on any atom is -0.396 e. The van der Waals surface area contributed by atoms with Crippen LogP contribution in [0.25, 0.3) is 0 Å².